The Kier molecular flexibility index (Phi) is 15.9. The Morgan fingerprint density at radius 3 is 2.41 bits per heavy atom. The number of anilines is 1. The fourth-order valence-corrected chi connectivity index (χ4v) is 6.94. The van der Waals surface area contributed by atoms with Crippen LogP contribution in [-0.4, -0.2) is 130 Å². The van der Waals surface area contributed by atoms with Crippen LogP contribution in [0.2, 0.25) is 0 Å². The summed E-state index contributed by atoms with van der Waals surface area (Å²) in [6, 6.07) is 7.44. The van der Waals surface area contributed by atoms with Gasteiger partial charge in [0.25, 0.3) is 5.91 Å². The number of nitrogens with one attached hydrogen (secondary N) is 2. The lowest BCUT2D eigenvalue weighted by atomic mass is 10.1. The highest BCUT2D eigenvalue weighted by Gasteiger charge is 2.46. The molecule has 0 aliphatic carbocycles. The van der Waals surface area contributed by atoms with E-state index in [9.17, 15) is 28.2 Å². The number of fused-ring (bicyclic) bond motifs is 1. The lowest BCUT2D eigenvalue weighted by molar-refractivity contribution is -0.121. The molecule has 5 atom stereocenters. The molecular weight excluding hydrogens is 726 g/mol. The summed E-state index contributed by atoms with van der Waals surface area (Å²) in [6.07, 6.45) is -1.41. The molecule has 0 bridgehead atoms. The van der Waals surface area contributed by atoms with Crippen LogP contribution in [0.1, 0.15) is 58.2 Å². The van der Waals surface area contributed by atoms with Crippen LogP contribution < -0.4 is 21.5 Å². The van der Waals surface area contributed by atoms with Gasteiger partial charge < -0.3 is 45.9 Å². The maximum absolute atomic E-state index is 14.0. The predicted molar refractivity (Wildman–Crippen MR) is 197 cm³/mol. The Morgan fingerprint density at radius 2 is 1.70 bits per heavy atom. The number of amides is 2. The first kappa shape index (κ1) is 42.7. The highest BCUT2D eigenvalue weighted by atomic mass is 32.2. The number of carbonyl (C=O) groups excluding carboxylic acids is 2. The summed E-state index contributed by atoms with van der Waals surface area (Å²) in [5.41, 5.74) is 11.6. The van der Waals surface area contributed by atoms with Crippen molar-refractivity contribution in [3.63, 3.8) is 0 Å². The van der Waals surface area contributed by atoms with Crippen molar-refractivity contribution in [2.45, 2.75) is 89.1 Å². The van der Waals surface area contributed by atoms with Crippen LogP contribution in [0.15, 0.2) is 43.0 Å². The number of ether oxygens (including phenoxy) is 4. The van der Waals surface area contributed by atoms with Gasteiger partial charge >= 0.3 is 16.3 Å². The minimum absolute atomic E-state index is 0.0338. The van der Waals surface area contributed by atoms with Gasteiger partial charge in [-0.25, -0.2) is 24.5 Å². The first-order valence-corrected chi connectivity index (χ1v) is 19.3. The fraction of sp³-hybridized carbons (Fsp3) is 0.618. The Bertz CT molecular complexity index is 1740. The number of nitrogens with zero attached hydrogens (tertiary/aromatic N) is 5. The summed E-state index contributed by atoms with van der Waals surface area (Å²) in [5.74, 6) is -0.901. The molecule has 1 aliphatic heterocycles. The molecule has 54 heavy (non-hydrogen) atoms. The van der Waals surface area contributed by atoms with Gasteiger partial charge in [-0.2, -0.15) is 12.7 Å². The molecule has 0 saturated carbocycles. The topological polar surface area (TPSA) is 269 Å². The van der Waals surface area contributed by atoms with E-state index >= 15 is 0 Å². The van der Waals surface area contributed by atoms with Crippen molar-refractivity contribution >= 4 is 39.2 Å². The number of unbranched alkanes of at least 4 members (excludes halogenated alkanes) is 3. The molecule has 1 aromatic carbocycles. The van der Waals surface area contributed by atoms with Gasteiger partial charge in [-0.3, -0.25) is 9.36 Å². The molecule has 19 nitrogen and oxygen atoms in total. The van der Waals surface area contributed by atoms with Crippen molar-refractivity contribution in [2.75, 3.05) is 51.8 Å². The second-order valence-electron chi connectivity index (χ2n) is 13.8. The number of hydrogen-bond donors (Lipinski definition) is 6. The summed E-state index contributed by atoms with van der Waals surface area (Å²) in [4.78, 5) is 38.7. The lowest BCUT2D eigenvalue weighted by Crippen LogP contribution is -2.54. The van der Waals surface area contributed by atoms with Crippen LogP contribution in [-0.2, 0) is 40.4 Å². The molecule has 0 spiro atoms. The van der Waals surface area contributed by atoms with E-state index in [0.29, 0.717) is 51.4 Å². The van der Waals surface area contributed by atoms with E-state index in [1.54, 1.807) is 51.1 Å². The molecule has 300 valence electrons. The third-order valence-corrected chi connectivity index (χ3v) is 9.79. The third-order valence-electron chi connectivity index (χ3n) is 8.32. The average Bonchev–Trinajstić information content (AvgIpc) is 3.66. The molecule has 8 N–H and O–H groups in total. The minimum atomic E-state index is -4.62. The maximum Gasteiger partial charge on any atom is 0.408 e. The zero-order valence-corrected chi connectivity index (χ0v) is 31.7. The van der Waals surface area contributed by atoms with Crippen LogP contribution in [0, 0.1) is 0 Å². The molecule has 1 aliphatic rings. The number of aliphatic hydroxyl groups is 2. The van der Waals surface area contributed by atoms with Gasteiger partial charge in [0, 0.05) is 32.7 Å². The molecule has 20 heteroatoms. The fourth-order valence-electron chi connectivity index (χ4n) is 5.70. The third kappa shape index (κ3) is 12.5. The quantitative estimate of drug-likeness (QED) is 0.0798. The van der Waals surface area contributed by atoms with Gasteiger partial charge in [0.15, 0.2) is 17.7 Å². The number of carbonyl (C=O) groups is 2. The summed E-state index contributed by atoms with van der Waals surface area (Å²) in [5, 5.41) is 24.6. The number of rotatable bonds is 21. The summed E-state index contributed by atoms with van der Waals surface area (Å²) >= 11 is 0. The van der Waals surface area contributed by atoms with E-state index in [1.165, 1.54) is 17.2 Å². The van der Waals surface area contributed by atoms with Gasteiger partial charge in [-0.1, -0.05) is 43.2 Å². The van der Waals surface area contributed by atoms with Gasteiger partial charge in [-0.05, 0) is 39.2 Å². The Labute approximate surface area is 314 Å². The molecule has 2 amide bonds. The van der Waals surface area contributed by atoms with E-state index in [-0.39, 0.29) is 29.9 Å². The van der Waals surface area contributed by atoms with Gasteiger partial charge in [0.2, 0.25) is 0 Å². The molecule has 2 aromatic heterocycles. The molecule has 4 rings (SSSR count). The van der Waals surface area contributed by atoms with Crippen molar-refractivity contribution in [1.29, 1.82) is 0 Å². The van der Waals surface area contributed by atoms with Crippen molar-refractivity contribution in [3.8, 4) is 0 Å². The second kappa shape index (κ2) is 20.1. The second-order valence-corrected chi connectivity index (χ2v) is 15.4. The van der Waals surface area contributed by atoms with E-state index in [1.807, 2.05) is 0 Å². The first-order valence-electron chi connectivity index (χ1n) is 17.9. The van der Waals surface area contributed by atoms with Crippen LogP contribution in [0.25, 0.3) is 11.2 Å². The Morgan fingerprint density at radius 1 is 1.00 bits per heavy atom. The number of nitrogens with two attached hydrogens (primary N) is 2. The first-order chi connectivity index (χ1) is 25.7. The molecule has 1 fully saturated rings. The molecule has 3 aromatic rings. The predicted octanol–water partition coefficient (Wildman–Crippen LogP) is 0.379. The highest BCUT2D eigenvalue weighted by Crippen LogP contribution is 2.32. The van der Waals surface area contributed by atoms with Crippen LogP contribution in [0.5, 0.6) is 0 Å². The molecule has 3 heterocycles. The minimum Gasteiger partial charge on any atom is -0.444 e. The summed E-state index contributed by atoms with van der Waals surface area (Å²) < 4.78 is 54.7. The number of imidazole rings is 1. The lowest BCUT2D eigenvalue weighted by Gasteiger charge is -2.28. The Hall–Kier alpha value is -4.02. The van der Waals surface area contributed by atoms with Crippen LogP contribution in [0.4, 0.5) is 10.6 Å². The number of benzene rings is 1. The van der Waals surface area contributed by atoms with Gasteiger partial charge in [0.1, 0.15) is 41.8 Å². The van der Waals surface area contributed by atoms with Crippen molar-refractivity contribution in [1.82, 2.24) is 33.9 Å². The zero-order valence-electron chi connectivity index (χ0n) is 30.9. The smallest absolute Gasteiger partial charge is 0.408 e. The largest absolute Gasteiger partial charge is 0.444 e. The standard InChI is InChI=1S/C34H53N9O10S/c1-34(2,3)53-33(47)40-24(19-23-11-7-6-8-12-23)31(46)41-54(48,49)42(14-9-4-5-10-15-50-17-18-51-16-13-35)20-25-27(44)28(45)32(52-25)43-22-39-26-29(36)37-21-38-30(26)43/h6-8,11-12,21-22,24-25,27-28,32,44-45H,4-5,9-10,13-20,35H2,1-3H3,(H,40,47)(H,41,46)(H2,36,37,38)/t24-,25+,27+,28+,32+/m0/s1. The number of aromatic nitrogens is 4. The number of alkyl carbamates (subject to hydrolysis) is 1. The highest BCUT2D eigenvalue weighted by molar-refractivity contribution is 7.87. The van der Waals surface area contributed by atoms with Crippen LogP contribution in [0.3, 0.4) is 0 Å². The normalized spacial score (nSPS) is 19.6. The molecule has 0 unspecified atom stereocenters. The molecule has 0 radical (unpaired) electrons. The molecular formula is C34H53N9O10S. The zero-order chi connectivity index (χ0) is 39.3. The van der Waals surface area contributed by atoms with Crippen molar-refractivity contribution in [2.24, 2.45) is 5.73 Å². The van der Waals surface area contributed by atoms with Gasteiger partial charge in [0.05, 0.1) is 26.1 Å². The number of nitrogen functional groups attached to an aromatic ring is 1. The number of hydrogen-bond acceptors (Lipinski definition) is 15. The summed E-state index contributed by atoms with van der Waals surface area (Å²) in [7, 11) is -4.62. The van der Waals surface area contributed by atoms with Crippen LogP contribution >= 0.6 is 0 Å². The Balaban J connectivity index is 1.48. The SMILES string of the molecule is CC(C)(C)OC(=O)N[C@@H](Cc1ccccc1)C(=O)NS(=O)(=O)N(CCCCCCOCCOCCN)C[C@H]1O[C@@H](n2cnc3c(N)ncnc32)[C@H](O)[C@@H]1O. The van der Waals surface area contributed by atoms with E-state index in [0.717, 1.165) is 17.1 Å². The molecule has 1 saturated heterocycles. The van der Waals surface area contributed by atoms with E-state index < -0.39 is 64.9 Å². The average molecular weight is 780 g/mol. The maximum atomic E-state index is 14.0. The van der Waals surface area contributed by atoms with Gasteiger partial charge in [-0.15, -0.1) is 0 Å². The monoisotopic (exact) mass is 779 g/mol. The van der Waals surface area contributed by atoms with E-state index in [2.05, 4.69) is 25.0 Å². The van der Waals surface area contributed by atoms with E-state index in [4.69, 9.17) is 30.4 Å². The number of aliphatic hydroxyl groups excluding tert-OH is 2. The van der Waals surface area contributed by atoms with Crippen molar-refractivity contribution < 1.29 is 47.2 Å². The van der Waals surface area contributed by atoms with Crippen molar-refractivity contribution in [3.05, 3.63) is 48.5 Å². The summed E-state index contributed by atoms with van der Waals surface area (Å²) in [6.45, 7) is 6.76.